The third kappa shape index (κ3) is 3.06. The molecule has 124 valence electrons. The van der Waals surface area contributed by atoms with Crippen LogP contribution in [-0.4, -0.2) is 31.4 Å². The quantitative estimate of drug-likeness (QED) is 0.815. The Kier molecular flexibility index (Phi) is 4.29. The van der Waals surface area contributed by atoms with Gasteiger partial charge in [-0.2, -0.15) is 0 Å². The van der Waals surface area contributed by atoms with Crippen molar-refractivity contribution in [1.29, 1.82) is 0 Å². The molecule has 0 unspecified atom stereocenters. The molecule has 0 atom stereocenters. The molecule has 6 heteroatoms. The number of halogens is 1. The normalized spacial score (nSPS) is 15.8. The van der Waals surface area contributed by atoms with Crippen LogP contribution in [0.15, 0.2) is 41.3 Å². The van der Waals surface area contributed by atoms with E-state index in [1.165, 1.54) is 0 Å². The van der Waals surface area contributed by atoms with Crippen molar-refractivity contribution in [3.63, 3.8) is 0 Å². The van der Waals surface area contributed by atoms with E-state index < -0.39 is 0 Å². The van der Waals surface area contributed by atoms with Gasteiger partial charge in [0.2, 0.25) is 5.91 Å². The van der Waals surface area contributed by atoms with Crippen LogP contribution in [0.2, 0.25) is 5.02 Å². The largest absolute Gasteiger partial charge is 0.486 e. The zero-order valence-corrected chi connectivity index (χ0v) is 14.5. The Labute approximate surface area is 149 Å². The number of anilines is 1. The lowest BCUT2D eigenvalue weighted by Crippen LogP contribution is -2.36. The van der Waals surface area contributed by atoms with Crippen molar-refractivity contribution in [3.8, 4) is 11.5 Å². The number of benzene rings is 2. The van der Waals surface area contributed by atoms with Crippen molar-refractivity contribution in [2.45, 2.75) is 11.3 Å². The number of amides is 1. The number of carbonyl (C=O) groups excluding carboxylic acids is 1. The van der Waals surface area contributed by atoms with Crippen molar-refractivity contribution in [1.82, 2.24) is 0 Å². The van der Waals surface area contributed by atoms with Crippen LogP contribution in [0.5, 0.6) is 11.5 Å². The SMILES string of the molecule is O=C(Cc1ccc2c(c1)OCCO2)N1CCSc2ccc(Cl)cc21. The van der Waals surface area contributed by atoms with Crippen molar-refractivity contribution in [3.05, 3.63) is 47.0 Å². The van der Waals surface area contributed by atoms with E-state index in [9.17, 15) is 4.79 Å². The monoisotopic (exact) mass is 361 g/mol. The smallest absolute Gasteiger partial charge is 0.231 e. The van der Waals surface area contributed by atoms with Crippen LogP contribution in [0.4, 0.5) is 5.69 Å². The Morgan fingerprint density at radius 3 is 2.83 bits per heavy atom. The molecule has 2 aliphatic rings. The number of hydrogen-bond acceptors (Lipinski definition) is 4. The van der Waals surface area contributed by atoms with Crippen LogP contribution in [0, 0.1) is 0 Å². The van der Waals surface area contributed by atoms with Gasteiger partial charge in [-0.3, -0.25) is 4.79 Å². The fourth-order valence-corrected chi connectivity index (χ4v) is 4.06. The fraction of sp³-hybridized carbons (Fsp3) is 0.278. The van der Waals surface area contributed by atoms with E-state index in [4.69, 9.17) is 21.1 Å². The van der Waals surface area contributed by atoms with Crippen molar-refractivity contribution >= 4 is 35.0 Å². The minimum absolute atomic E-state index is 0.0653. The molecule has 0 saturated carbocycles. The second-order valence-electron chi connectivity index (χ2n) is 5.66. The number of hydrogen-bond donors (Lipinski definition) is 0. The first kappa shape index (κ1) is 15.7. The Morgan fingerprint density at radius 1 is 1.12 bits per heavy atom. The second-order valence-corrected chi connectivity index (χ2v) is 7.23. The molecule has 4 rings (SSSR count). The van der Waals surface area contributed by atoms with E-state index in [2.05, 4.69) is 0 Å². The van der Waals surface area contributed by atoms with Gasteiger partial charge in [0.15, 0.2) is 11.5 Å². The van der Waals surface area contributed by atoms with E-state index in [1.807, 2.05) is 41.3 Å². The van der Waals surface area contributed by atoms with Crippen LogP contribution in [0.1, 0.15) is 5.56 Å². The Bertz CT molecular complexity index is 796. The summed E-state index contributed by atoms with van der Waals surface area (Å²) in [6.45, 7) is 1.80. The summed E-state index contributed by atoms with van der Waals surface area (Å²) in [5.41, 5.74) is 1.83. The van der Waals surface area contributed by atoms with Gasteiger partial charge < -0.3 is 14.4 Å². The van der Waals surface area contributed by atoms with Crippen molar-refractivity contribution in [2.24, 2.45) is 0 Å². The third-order valence-corrected chi connectivity index (χ3v) is 5.33. The molecule has 2 aromatic carbocycles. The molecule has 2 aromatic rings. The van der Waals surface area contributed by atoms with Crippen LogP contribution < -0.4 is 14.4 Å². The second kappa shape index (κ2) is 6.57. The lowest BCUT2D eigenvalue weighted by atomic mass is 10.1. The lowest BCUT2D eigenvalue weighted by molar-refractivity contribution is -0.118. The molecule has 2 heterocycles. The first-order valence-electron chi connectivity index (χ1n) is 7.82. The van der Waals surface area contributed by atoms with Gasteiger partial charge in [0.05, 0.1) is 12.1 Å². The minimum atomic E-state index is 0.0653. The van der Waals surface area contributed by atoms with Gasteiger partial charge in [-0.15, -0.1) is 11.8 Å². The molecule has 2 aliphatic heterocycles. The Hall–Kier alpha value is -1.85. The molecule has 0 N–H and O–H groups in total. The predicted octanol–water partition coefficient (Wildman–Crippen LogP) is 3.79. The summed E-state index contributed by atoms with van der Waals surface area (Å²) in [5, 5.41) is 0.647. The molecule has 0 saturated heterocycles. The van der Waals surface area contributed by atoms with Crippen LogP contribution >= 0.6 is 23.4 Å². The predicted molar refractivity (Wildman–Crippen MR) is 95.7 cm³/mol. The highest BCUT2D eigenvalue weighted by Crippen LogP contribution is 2.37. The maximum Gasteiger partial charge on any atom is 0.231 e. The van der Waals surface area contributed by atoms with Gasteiger partial charge >= 0.3 is 0 Å². The van der Waals surface area contributed by atoms with E-state index in [-0.39, 0.29) is 5.91 Å². The first-order chi connectivity index (χ1) is 11.7. The third-order valence-electron chi connectivity index (χ3n) is 4.05. The van der Waals surface area contributed by atoms with Gasteiger partial charge in [-0.25, -0.2) is 0 Å². The number of thioether (sulfide) groups is 1. The average Bonchev–Trinajstić information content (AvgIpc) is 2.61. The van der Waals surface area contributed by atoms with E-state index in [0.717, 1.165) is 27.6 Å². The zero-order chi connectivity index (χ0) is 16.5. The number of nitrogens with zero attached hydrogens (tertiary/aromatic N) is 1. The molecule has 0 spiro atoms. The summed E-state index contributed by atoms with van der Waals surface area (Å²) in [7, 11) is 0. The molecule has 1 amide bonds. The molecule has 4 nitrogen and oxygen atoms in total. The number of fused-ring (bicyclic) bond motifs is 2. The highest BCUT2D eigenvalue weighted by Gasteiger charge is 2.24. The summed E-state index contributed by atoms with van der Waals surface area (Å²) in [6.07, 6.45) is 0.327. The lowest BCUT2D eigenvalue weighted by Gasteiger charge is -2.29. The number of carbonyl (C=O) groups is 1. The molecule has 0 radical (unpaired) electrons. The van der Waals surface area contributed by atoms with Gasteiger partial charge in [0, 0.05) is 22.2 Å². The fourth-order valence-electron chi connectivity index (χ4n) is 2.92. The van der Waals surface area contributed by atoms with Crippen LogP contribution in [0.25, 0.3) is 0 Å². The summed E-state index contributed by atoms with van der Waals surface area (Å²) in [4.78, 5) is 15.7. The standard InChI is InChI=1S/C18H16ClNO3S/c19-13-2-4-17-14(11-13)20(5-8-24-17)18(21)10-12-1-3-15-16(9-12)23-7-6-22-15/h1-4,9,11H,5-8,10H2. The Balaban J connectivity index is 1.56. The Morgan fingerprint density at radius 2 is 1.96 bits per heavy atom. The minimum Gasteiger partial charge on any atom is -0.486 e. The molecule has 0 fully saturated rings. The van der Waals surface area contributed by atoms with E-state index >= 15 is 0 Å². The number of rotatable bonds is 2. The maximum absolute atomic E-state index is 12.8. The van der Waals surface area contributed by atoms with Gasteiger partial charge in [0.1, 0.15) is 13.2 Å². The summed E-state index contributed by atoms with van der Waals surface area (Å²) < 4.78 is 11.1. The van der Waals surface area contributed by atoms with Gasteiger partial charge in [-0.05, 0) is 35.9 Å². The maximum atomic E-state index is 12.8. The summed E-state index contributed by atoms with van der Waals surface area (Å²) in [6, 6.07) is 11.4. The van der Waals surface area contributed by atoms with Gasteiger partial charge in [0.25, 0.3) is 0 Å². The number of ether oxygens (including phenoxy) is 2. The van der Waals surface area contributed by atoms with E-state index in [0.29, 0.717) is 37.0 Å². The van der Waals surface area contributed by atoms with Gasteiger partial charge in [-0.1, -0.05) is 17.7 Å². The highest BCUT2D eigenvalue weighted by molar-refractivity contribution is 7.99. The molecule has 0 aromatic heterocycles. The topological polar surface area (TPSA) is 38.8 Å². The molecule has 0 aliphatic carbocycles. The van der Waals surface area contributed by atoms with E-state index in [1.54, 1.807) is 11.8 Å². The van der Waals surface area contributed by atoms with Crippen molar-refractivity contribution < 1.29 is 14.3 Å². The van der Waals surface area contributed by atoms with Crippen LogP contribution in [0.3, 0.4) is 0 Å². The highest BCUT2D eigenvalue weighted by atomic mass is 35.5. The summed E-state index contributed by atoms with van der Waals surface area (Å²) >= 11 is 7.86. The average molecular weight is 362 g/mol. The molecule has 0 bridgehead atoms. The molecular weight excluding hydrogens is 346 g/mol. The zero-order valence-electron chi connectivity index (χ0n) is 13.0. The first-order valence-corrected chi connectivity index (χ1v) is 9.18. The summed E-state index contributed by atoms with van der Waals surface area (Å²) in [5.74, 6) is 2.41. The van der Waals surface area contributed by atoms with Crippen LogP contribution in [-0.2, 0) is 11.2 Å². The molecular formula is C18H16ClNO3S. The van der Waals surface area contributed by atoms with Crippen molar-refractivity contribution in [2.75, 3.05) is 30.4 Å². The molecule has 24 heavy (non-hydrogen) atoms.